The molecule has 126 valence electrons. The van der Waals surface area contributed by atoms with Crippen LogP contribution >= 0.6 is 0 Å². The van der Waals surface area contributed by atoms with Gasteiger partial charge in [-0.3, -0.25) is 4.79 Å². The van der Waals surface area contributed by atoms with Crippen LogP contribution in [0.15, 0.2) is 30.9 Å². The van der Waals surface area contributed by atoms with Gasteiger partial charge in [0.1, 0.15) is 0 Å². The molecule has 0 saturated carbocycles. The molecule has 6 nitrogen and oxygen atoms in total. The molecule has 0 bridgehead atoms. The van der Waals surface area contributed by atoms with Crippen LogP contribution in [0.5, 0.6) is 11.5 Å². The standard InChI is InChI=1S/C17H23NO5/c1-4-6-7-10-18(3)17(21)13-8-9-14(23-12-16(19)20)15(11-13)22-5-2/h4,8-9,11H,1,5-7,10,12H2,2-3H3,(H,19,20). The molecular formula is C17H23NO5. The molecule has 6 heteroatoms. The Hall–Kier alpha value is -2.50. The van der Waals surface area contributed by atoms with E-state index < -0.39 is 12.6 Å². The number of carbonyl (C=O) groups is 2. The summed E-state index contributed by atoms with van der Waals surface area (Å²) in [6.07, 6.45) is 3.52. The molecule has 0 fully saturated rings. The molecule has 0 heterocycles. The first-order valence-corrected chi connectivity index (χ1v) is 7.47. The van der Waals surface area contributed by atoms with Gasteiger partial charge in [0.25, 0.3) is 5.91 Å². The lowest BCUT2D eigenvalue weighted by Crippen LogP contribution is -2.27. The Kier molecular flexibility index (Phi) is 7.66. The summed E-state index contributed by atoms with van der Waals surface area (Å²) in [6, 6.07) is 4.73. The van der Waals surface area contributed by atoms with Gasteiger partial charge in [-0.1, -0.05) is 6.08 Å². The fraction of sp³-hybridized carbons (Fsp3) is 0.412. The van der Waals surface area contributed by atoms with Crippen molar-refractivity contribution < 1.29 is 24.2 Å². The fourth-order valence-corrected chi connectivity index (χ4v) is 1.96. The number of carbonyl (C=O) groups excluding carboxylic acids is 1. The summed E-state index contributed by atoms with van der Waals surface area (Å²) >= 11 is 0. The molecule has 0 spiro atoms. The number of hydrogen-bond donors (Lipinski definition) is 1. The first-order valence-electron chi connectivity index (χ1n) is 7.47. The molecule has 0 radical (unpaired) electrons. The quantitative estimate of drug-likeness (QED) is 0.529. The van der Waals surface area contributed by atoms with Crippen molar-refractivity contribution in [1.82, 2.24) is 4.90 Å². The van der Waals surface area contributed by atoms with Gasteiger partial charge in [-0.2, -0.15) is 0 Å². The first kappa shape index (κ1) is 18.5. The third kappa shape index (κ3) is 6.02. The van der Waals surface area contributed by atoms with Crippen molar-refractivity contribution in [2.45, 2.75) is 19.8 Å². The molecular weight excluding hydrogens is 298 g/mol. The highest BCUT2D eigenvalue weighted by Crippen LogP contribution is 2.29. The van der Waals surface area contributed by atoms with E-state index in [-0.39, 0.29) is 5.91 Å². The highest BCUT2D eigenvalue weighted by Gasteiger charge is 2.15. The van der Waals surface area contributed by atoms with Gasteiger partial charge in [-0.15, -0.1) is 6.58 Å². The summed E-state index contributed by atoms with van der Waals surface area (Å²) in [5.41, 5.74) is 0.470. The van der Waals surface area contributed by atoms with Crippen molar-refractivity contribution in [2.24, 2.45) is 0 Å². The molecule has 1 aromatic carbocycles. The van der Waals surface area contributed by atoms with Crippen LogP contribution in [0.2, 0.25) is 0 Å². The minimum Gasteiger partial charge on any atom is -0.490 e. The predicted molar refractivity (Wildman–Crippen MR) is 87.1 cm³/mol. The minimum atomic E-state index is -1.07. The van der Waals surface area contributed by atoms with Crippen LogP contribution in [0, 0.1) is 0 Å². The zero-order valence-electron chi connectivity index (χ0n) is 13.6. The molecule has 1 N–H and O–H groups in total. The van der Waals surface area contributed by atoms with E-state index in [0.717, 1.165) is 12.8 Å². The minimum absolute atomic E-state index is 0.125. The number of amides is 1. The van der Waals surface area contributed by atoms with E-state index in [4.69, 9.17) is 14.6 Å². The normalized spacial score (nSPS) is 10.0. The van der Waals surface area contributed by atoms with Crippen molar-refractivity contribution in [3.05, 3.63) is 36.4 Å². The molecule has 1 aromatic rings. The summed E-state index contributed by atoms with van der Waals surface area (Å²) in [5.74, 6) is -0.534. The van der Waals surface area contributed by atoms with Crippen LogP contribution in [0.3, 0.4) is 0 Å². The van der Waals surface area contributed by atoms with E-state index in [1.165, 1.54) is 0 Å². The van der Waals surface area contributed by atoms with Gasteiger partial charge in [-0.25, -0.2) is 4.79 Å². The Labute approximate surface area is 136 Å². The predicted octanol–water partition coefficient (Wildman–Crippen LogP) is 2.59. The maximum absolute atomic E-state index is 12.4. The monoisotopic (exact) mass is 321 g/mol. The van der Waals surface area contributed by atoms with Gasteiger partial charge in [0.2, 0.25) is 0 Å². The maximum Gasteiger partial charge on any atom is 0.341 e. The van der Waals surface area contributed by atoms with E-state index >= 15 is 0 Å². The maximum atomic E-state index is 12.4. The number of unbranched alkanes of at least 4 members (excludes halogenated alkanes) is 1. The second-order valence-corrected chi connectivity index (χ2v) is 4.93. The Morgan fingerprint density at radius 2 is 2.04 bits per heavy atom. The van der Waals surface area contributed by atoms with Crippen LogP contribution in [-0.4, -0.2) is 48.7 Å². The summed E-state index contributed by atoms with van der Waals surface area (Å²) in [7, 11) is 1.74. The van der Waals surface area contributed by atoms with E-state index in [1.54, 1.807) is 37.1 Å². The van der Waals surface area contributed by atoms with Gasteiger partial charge in [0.15, 0.2) is 18.1 Å². The van der Waals surface area contributed by atoms with Gasteiger partial charge < -0.3 is 19.5 Å². The number of nitrogens with zero attached hydrogens (tertiary/aromatic N) is 1. The zero-order chi connectivity index (χ0) is 17.2. The number of aliphatic carboxylic acids is 1. The Morgan fingerprint density at radius 1 is 1.30 bits per heavy atom. The van der Waals surface area contributed by atoms with Crippen molar-refractivity contribution >= 4 is 11.9 Å². The van der Waals surface area contributed by atoms with Crippen LogP contribution in [0.1, 0.15) is 30.1 Å². The van der Waals surface area contributed by atoms with E-state index in [9.17, 15) is 9.59 Å². The molecule has 23 heavy (non-hydrogen) atoms. The second-order valence-electron chi connectivity index (χ2n) is 4.93. The Bertz CT molecular complexity index is 556. The smallest absolute Gasteiger partial charge is 0.341 e. The highest BCUT2D eigenvalue weighted by molar-refractivity contribution is 5.94. The second kappa shape index (κ2) is 9.50. The van der Waals surface area contributed by atoms with Crippen molar-refractivity contribution in [3.8, 4) is 11.5 Å². The first-order chi connectivity index (χ1) is 11.0. The lowest BCUT2D eigenvalue weighted by atomic mass is 10.1. The average Bonchev–Trinajstić information content (AvgIpc) is 2.53. The van der Waals surface area contributed by atoms with Crippen molar-refractivity contribution in [1.29, 1.82) is 0 Å². The number of carboxylic acid groups (broad SMARTS) is 1. The third-order valence-electron chi connectivity index (χ3n) is 3.09. The Balaban J connectivity index is 2.86. The Morgan fingerprint density at radius 3 is 2.65 bits per heavy atom. The zero-order valence-corrected chi connectivity index (χ0v) is 13.6. The molecule has 0 unspecified atom stereocenters. The molecule has 0 atom stereocenters. The molecule has 0 aliphatic rings. The third-order valence-corrected chi connectivity index (χ3v) is 3.09. The topological polar surface area (TPSA) is 76.1 Å². The molecule has 1 amide bonds. The molecule has 1 rings (SSSR count). The van der Waals surface area contributed by atoms with E-state index in [1.807, 2.05) is 6.08 Å². The molecule has 0 aliphatic heterocycles. The van der Waals surface area contributed by atoms with Gasteiger partial charge in [-0.05, 0) is 38.0 Å². The molecule has 0 aliphatic carbocycles. The number of carboxylic acids is 1. The molecule has 0 aromatic heterocycles. The van der Waals surface area contributed by atoms with E-state index in [2.05, 4.69) is 6.58 Å². The number of allylic oxidation sites excluding steroid dienone is 1. The van der Waals surface area contributed by atoms with Gasteiger partial charge in [0, 0.05) is 19.2 Å². The van der Waals surface area contributed by atoms with Gasteiger partial charge >= 0.3 is 5.97 Å². The number of hydrogen-bond acceptors (Lipinski definition) is 4. The number of rotatable bonds is 10. The largest absolute Gasteiger partial charge is 0.490 e. The van der Waals surface area contributed by atoms with Crippen LogP contribution in [0.4, 0.5) is 0 Å². The van der Waals surface area contributed by atoms with Crippen LogP contribution in [0.25, 0.3) is 0 Å². The van der Waals surface area contributed by atoms with Crippen LogP contribution in [-0.2, 0) is 4.79 Å². The van der Waals surface area contributed by atoms with Crippen LogP contribution < -0.4 is 9.47 Å². The number of ether oxygens (including phenoxy) is 2. The SMILES string of the molecule is C=CCCCN(C)C(=O)c1ccc(OCC(=O)O)c(OCC)c1. The summed E-state index contributed by atoms with van der Waals surface area (Å²) in [4.78, 5) is 24.6. The lowest BCUT2D eigenvalue weighted by molar-refractivity contribution is -0.139. The van der Waals surface area contributed by atoms with Crippen molar-refractivity contribution in [2.75, 3.05) is 26.8 Å². The summed E-state index contributed by atoms with van der Waals surface area (Å²) < 4.78 is 10.6. The van der Waals surface area contributed by atoms with E-state index in [0.29, 0.717) is 30.2 Å². The van der Waals surface area contributed by atoms with Crippen molar-refractivity contribution in [3.63, 3.8) is 0 Å². The molecule has 0 saturated heterocycles. The summed E-state index contributed by atoms with van der Waals surface area (Å²) in [6.45, 7) is 6.01. The average molecular weight is 321 g/mol. The lowest BCUT2D eigenvalue weighted by Gasteiger charge is -2.18. The van der Waals surface area contributed by atoms with Gasteiger partial charge in [0.05, 0.1) is 6.61 Å². The fourth-order valence-electron chi connectivity index (χ4n) is 1.96. The highest BCUT2D eigenvalue weighted by atomic mass is 16.5. The summed E-state index contributed by atoms with van der Waals surface area (Å²) in [5, 5.41) is 8.68. The number of benzene rings is 1.